The molecule has 0 bridgehead atoms. The first kappa shape index (κ1) is 19.5. The number of esters is 2. The highest BCUT2D eigenvalue weighted by Crippen LogP contribution is 2.15. The van der Waals surface area contributed by atoms with Crippen molar-refractivity contribution in [3.8, 4) is 0 Å². The third-order valence-electron chi connectivity index (χ3n) is 3.28. The molecule has 0 aliphatic rings. The Morgan fingerprint density at radius 3 is 1.71 bits per heavy atom. The molecule has 24 heavy (non-hydrogen) atoms. The van der Waals surface area contributed by atoms with E-state index in [0.717, 1.165) is 11.3 Å². The summed E-state index contributed by atoms with van der Waals surface area (Å²) < 4.78 is 10.3. The first-order valence-corrected chi connectivity index (χ1v) is 7.78. The van der Waals surface area contributed by atoms with Crippen LogP contribution in [0.3, 0.4) is 0 Å². The Labute approximate surface area is 143 Å². The van der Waals surface area contributed by atoms with Gasteiger partial charge in [0.2, 0.25) is 0 Å². The van der Waals surface area contributed by atoms with E-state index in [-0.39, 0.29) is 13.2 Å². The quantitative estimate of drug-likeness (QED) is 0.514. The second-order valence-corrected chi connectivity index (χ2v) is 5.66. The lowest BCUT2D eigenvalue weighted by Gasteiger charge is -2.24. The molecule has 0 N–H and O–H groups in total. The number of rotatable bonds is 9. The second kappa shape index (κ2) is 9.55. The molecule has 5 nitrogen and oxygen atoms in total. The largest absolute Gasteiger partial charge is 0.460 e. The summed E-state index contributed by atoms with van der Waals surface area (Å²) in [6.45, 7) is 13.8. The van der Waals surface area contributed by atoms with Gasteiger partial charge in [0.05, 0.1) is 13.1 Å². The highest BCUT2D eigenvalue weighted by atomic mass is 16.5. The summed E-state index contributed by atoms with van der Waals surface area (Å²) in [6.07, 6.45) is 0. The van der Waals surface area contributed by atoms with Gasteiger partial charge in [-0.1, -0.05) is 30.9 Å². The molecule has 0 saturated heterocycles. The van der Waals surface area contributed by atoms with Gasteiger partial charge in [0, 0.05) is 16.8 Å². The summed E-state index contributed by atoms with van der Waals surface area (Å²) in [7, 11) is 0. The normalized spacial score (nSPS) is 9.96. The van der Waals surface area contributed by atoms with Crippen LogP contribution in [-0.4, -0.2) is 38.2 Å². The molecule has 1 aromatic rings. The topological polar surface area (TPSA) is 55.8 Å². The highest BCUT2D eigenvalue weighted by Gasteiger charge is 2.10. The lowest BCUT2D eigenvalue weighted by atomic mass is 10.2. The molecule has 0 aliphatic carbocycles. The Hall–Kier alpha value is -2.56. The summed E-state index contributed by atoms with van der Waals surface area (Å²) in [4.78, 5) is 24.9. The Morgan fingerprint density at radius 1 is 0.917 bits per heavy atom. The molecule has 0 radical (unpaired) electrons. The zero-order valence-electron chi connectivity index (χ0n) is 14.6. The number of aryl methyl sites for hydroxylation is 1. The van der Waals surface area contributed by atoms with Crippen molar-refractivity contribution in [1.82, 2.24) is 0 Å². The number of carbonyl (C=O) groups excluding carboxylic acids is 2. The van der Waals surface area contributed by atoms with E-state index in [1.165, 1.54) is 0 Å². The number of hydrogen-bond acceptors (Lipinski definition) is 5. The Kier molecular flexibility index (Phi) is 7.75. The van der Waals surface area contributed by atoms with Gasteiger partial charge in [-0.15, -0.1) is 0 Å². The van der Waals surface area contributed by atoms with Gasteiger partial charge < -0.3 is 14.4 Å². The molecule has 0 fully saturated rings. The summed E-state index contributed by atoms with van der Waals surface area (Å²) in [5.41, 5.74) is 2.86. The first-order chi connectivity index (χ1) is 11.3. The van der Waals surface area contributed by atoms with Gasteiger partial charge in [-0.05, 0) is 32.9 Å². The molecular formula is C19H25NO4. The highest BCUT2D eigenvalue weighted by molar-refractivity contribution is 5.87. The third kappa shape index (κ3) is 6.69. The van der Waals surface area contributed by atoms with Crippen molar-refractivity contribution in [2.75, 3.05) is 31.2 Å². The Balaban J connectivity index is 2.63. The molecule has 0 amide bonds. The number of hydrogen-bond donors (Lipinski definition) is 0. The number of anilines is 1. The van der Waals surface area contributed by atoms with Crippen molar-refractivity contribution < 1.29 is 19.1 Å². The lowest BCUT2D eigenvalue weighted by molar-refractivity contribution is -0.139. The van der Waals surface area contributed by atoms with Crippen molar-refractivity contribution >= 4 is 17.6 Å². The molecule has 5 heteroatoms. The molecule has 0 aromatic heterocycles. The fourth-order valence-corrected chi connectivity index (χ4v) is 1.87. The van der Waals surface area contributed by atoms with E-state index in [0.29, 0.717) is 24.2 Å². The maximum absolute atomic E-state index is 11.5. The van der Waals surface area contributed by atoms with Crippen LogP contribution in [-0.2, 0) is 19.1 Å². The van der Waals surface area contributed by atoms with Gasteiger partial charge in [-0.25, -0.2) is 9.59 Å². The zero-order chi connectivity index (χ0) is 18.1. The minimum Gasteiger partial charge on any atom is -0.460 e. The molecule has 130 valence electrons. The number of nitrogens with zero attached hydrogens (tertiary/aromatic N) is 1. The summed E-state index contributed by atoms with van der Waals surface area (Å²) in [6, 6.07) is 7.97. The Bertz CT molecular complexity index is 572. The van der Waals surface area contributed by atoms with Crippen LogP contribution in [0.5, 0.6) is 0 Å². The van der Waals surface area contributed by atoms with Crippen LogP contribution in [0.2, 0.25) is 0 Å². The van der Waals surface area contributed by atoms with Crippen LogP contribution in [0.15, 0.2) is 48.6 Å². The van der Waals surface area contributed by atoms with Crippen molar-refractivity contribution in [3.05, 3.63) is 54.1 Å². The number of benzene rings is 1. The second-order valence-electron chi connectivity index (χ2n) is 5.66. The van der Waals surface area contributed by atoms with Gasteiger partial charge >= 0.3 is 11.9 Å². The van der Waals surface area contributed by atoms with Crippen molar-refractivity contribution in [2.45, 2.75) is 20.8 Å². The molecule has 0 spiro atoms. The monoisotopic (exact) mass is 331 g/mol. The van der Waals surface area contributed by atoms with E-state index >= 15 is 0 Å². The fraction of sp³-hybridized carbons (Fsp3) is 0.368. The standard InChI is InChI=1S/C19H25NO4/c1-14(2)18(21)23-12-10-20(11-13-24-19(22)15(3)4)17-8-6-16(5)7-9-17/h6-9H,1,3,10-13H2,2,4-5H3. The van der Waals surface area contributed by atoms with Crippen molar-refractivity contribution in [1.29, 1.82) is 0 Å². The van der Waals surface area contributed by atoms with Crippen LogP contribution in [0.4, 0.5) is 5.69 Å². The Morgan fingerprint density at radius 2 is 1.33 bits per heavy atom. The van der Waals surface area contributed by atoms with E-state index in [2.05, 4.69) is 13.2 Å². The van der Waals surface area contributed by atoms with E-state index in [4.69, 9.17) is 9.47 Å². The molecule has 0 saturated carbocycles. The fourth-order valence-electron chi connectivity index (χ4n) is 1.87. The molecule has 0 atom stereocenters. The number of ether oxygens (including phenoxy) is 2. The van der Waals surface area contributed by atoms with Crippen LogP contribution >= 0.6 is 0 Å². The van der Waals surface area contributed by atoms with Crippen LogP contribution in [0, 0.1) is 6.92 Å². The SMILES string of the molecule is C=C(C)C(=O)OCCN(CCOC(=O)C(=C)C)c1ccc(C)cc1. The molecule has 0 aliphatic heterocycles. The zero-order valence-corrected chi connectivity index (χ0v) is 14.6. The van der Waals surface area contributed by atoms with E-state index in [1.54, 1.807) is 13.8 Å². The lowest BCUT2D eigenvalue weighted by Crippen LogP contribution is -2.32. The van der Waals surface area contributed by atoms with Crippen molar-refractivity contribution in [3.63, 3.8) is 0 Å². The van der Waals surface area contributed by atoms with Gasteiger partial charge in [-0.2, -0.15) is 0 Å². The predicted octanol–water partition coefficient (Wildman–Crippen LogP) is 3.04. The third-order valence-corrected chi connectivity index (χ3v) is 3.28. The van der Waals surface area contributed by atoms with Crippen LogP contribution in [0.1, 0.15) is 19.4 Å². The van der Waals surface area contributed by atoms with E-state index in [9.17, 15) is 9.59 Å². The van der Waals surface area contributed by atoms with Gasteiger partial charge in [-0.3, -0.25) is 0 Å². The smallest absolute Gasteiger partial charge is 0.333 e. The number of carbonyl (C=O) groups is 2. The minimum absolute atomic E-state index is 0.230. The van der Waals surface area contributed by atoms with Gasteiger partial charge in [0.1, 0.15) is 13.2 Å². The van der Waals surface area contributed by atoms with E-state index in [1.807, 2.05) is 36.1 Å². The van der Waals surface area contributed by atoms with Gasteiger partial charge in [0.15, 0.2) is 0 Å². The minimum atomic E-state index is -0.410. The summed E-state index contributed by atoms with van der Waals surface area (Å²) >= 11 is 0. The average molecular weight is 331 g/mol. The predicted molar refractivity (Wildman–Crippen MR) is 94.9 cm³/mol. The van der Waals surface area contributed by atoms with Gasteiger partial charge in [0.25, 0.3) is 0 Å². The maximum Gasteiger partial charge on any atom is 0.333 e. The average Bonchev–Trinajstić information content (AvgIpc) is 2.53. The van der Waals surface area contributed by atoms with E-state index < -0.39 is 11.9 Å². The molecule has 0 unspecified atom stereocenters. The molecule has 1 aromatic carbocycles. The summed E-state index contributed by atoms with van der Waals surface area (Å²) in [5, 5.41) is 0. The molecule has 0 heterocycles. The maximum atomic E-state index is 11.5. The summed E-state index contributed by atoms with van der Waals surface area (Å²) in [5.74, 6) is -0.819. The first-order valence-electron chi connectivity index (χ1n) is 7.78. The molecular weight excluding hydrogens is 306 g/mol. The van der Waals surface area contributed by atoms with Crippen LogP contribution < -0.4 is 4.90 Å². The molecule has 1 rings (SSSR count). The van der Waals surface area contributed by atoms with Crippen LogP contribution in [0.25, 0.3) is 0 Å². The van der Waals surface area contributed by atoms with Crippen molar-refractivity contribution in [2.24, 2.45) is 0 Å².